The summed E-state index contributed by atoms with van der Waals surface area (Å²) in [7, 11) is 0. The summed E-state index contributed by atoms with van der Waals surface area (Å²) in [6, 6.07) is 114. The summed E-state index contributed by atoms with van der Waals surface area (Å²) in [6.07, 6.45) is 28.0. The molecule has 0 saturated heterocycles. The third-order valence-corrected chi connectivity index (χ3v) is 34.2. The first kappa shape index (κ1) is 76.5. The lowest BCUT2D eigenvalue weighted by Crippen LogP contribution is -2.26. The molecular weight excluding hydrogens is 1700 g/mol. The van der Waals surface area contributed by atoms with E-state index in [0.29, 0.717) is 0 Å². The third-order valence-electron chi connectivity index (χ3n) is 34.2. The maximum atomic E-state index is 4.94. The first-order chi connectivity index (χ1) is 69.3. The number of hydrogen-bond donors (Lipinski definition) is 0. The van der Waals surface area contributed by atoms with Gasteiger partial charge in [-0.1, -0.05) is 237 Å². The minimum atomic E-state index is 0.898. The molecule has 0 unspecified atom stereocenters. The SMILES string of the molecule is c1ccc2c(c1)Cc1cc3c(cc1-2)N1c2cccnc2Cc2c4c(cc(c21)C3)Cc1ccccc1-4.c1ccc2c(c1)Cc1cc3c(cc1-2)N1c2ccncc2Cc2c4c(cc(c21)C3)Cc1ccccc1-4.c1ccc2c(c1)Cc1cc3c(cc1-2)N1c2cnccc2Cc2c4c(cc(c21)C3)-c1ccccc1C4.c1ccc2c(c1)Cc1cc3c(cc1-2)N1c2ncccc2Cc2c4c(cc(c21)C3)-c1ccccc1C4. The number of nitrogens with zero attached hydrogens (tertiary/aromatic N) is 8. The van der Waals surface area contributed by atoms with Gasteiger partial charge in [0.05, 0.1) is 74.5 Å². The maximum absolute atomic E-state index is 4.94. The highest BCUT2D eigenvalue weighted by Gasteiger charge is 2.45. The van der Waals surface area contributed by atoms with E-state index in [9.17, 15) is 0 Å². The Morgan fingerprint density at radius 1 is 0.157 bits per heavy atom. The molecule has 140 heavy (non-hydrogen) atoms. The number of fused-ring (bicyclic) bond motifs is 44. The molecule has 0 N–H and O–H groups in total. The minimum absolute atomic E-state index is 0.898. The van der Waals surface area contributed by atoms with Crippen molar-refractivity contribution in [3.63, 3.8) is 0 Å². The molecule has 8 aliphatic heterocycles. The molecule has 36 rings (SSSR count). The number of anilines is 12. The number of rotatable bonds is 0. The van der Waals surface area contributed by atoms with Crippen molar-refractivity contribution in [3.8, 4) is 89.0 Å². The molecule has 0 amide bonds. The minimum Gasteiger partial charge on any atom is -0.309 e. The van der Waals surface area contributed by atoms with E-state index >= 15 is 0 Å². The molecule has 12 heterocycles. The van der Waals surface area contributed by atoms with Gasteiger partial charge in [-0.25, -0.2) is 4.98 Å². The van der Waals surface area contributed by atoms with Gasteiger partial charge in [-0.3, -0.25) is 19.9 Å². The predicted molar refractivity (Wildman–Crippen MR) is 564 cm³/mol. The van der Waals surface area contributed by atoms with E-state index in [1.807, 2.05) is 24.8 Å². The molecule has 0 radical (unpaired) electrons. The van der Waals surface area contributed by atoms with E-state index in [1.54, 1.807) is 0 Å². The fourth-order valence-electron chi connectivity index (χ4n) is 28.5. The number of pyridine rings is 4. The van der Waals surface area contributed by atoms with E-state index in [1.165, 1.54) is 330 Å². The first-order valence-corrected chi connectivity index (χ1v) is 50.3. The van der Waals surface area contributed by atoms with Crippen molar-refractivity contribution < 1.29 is 0 Å². The lowest BCUT2D eigenvalue weighted by atomic mass is 9.82. The van der Waals surface area contributed by atoms with Crippen LogP contribution in [0.3, 0.4) is 0 Å². The standard InChI is InChI=1S/4C33H22N2/c1-3-9-25-19(6-1)12-22-13-23-14-24-17-28-26-10-4-2-7-20(26)15-29(28)30-16-21-8-5-11-34-33(21)35(32(24)30)31(23)18-27(22)25;1-3-8-25-19(6-1)12-21-14-22-15-24-16-23-13-20-7-2-4-9-26(20)32(23)28-17-29-30(10-5-11-34-29)35(33(24)28)31(22)18-27(21)25;1-3-7-25-19(5-1)11-22-12-23-13-24-16-28-26-8-4-2-6-20(26)14-29(28)30-15-21-9-10-34-18-32(21)35(33(24)30)31(23)17-27(22)25;1-3-7-26-19(5-1)11-21-13-22-14-24-15-23-12-20-6-2-4-8-27(20)32(23)29-16-25-18-34-10-9-30(25)35(33(24)29)31(22)17-28(21)26/h1-11,13,17-18H,12,14-16H2;1-11,14,16,18H,12-13,15,17H2;1-10,12,16-18H,11,13-15H2;1-10,13,15,17-18H,11-12,14,16H2. The van der Waals surface area contributed by atoms with Crippen molar-refractivity contribution in [2.75, 3.05) is 19.6 Å². The summed E-state index contributed by atoms with van der Waals surface area (Å²) >= 11 is 0. The number of aromatic nitrogens is 4. The summed E-state index contributed by atoms with van der Waals surface area (Å²) in [4.78, 5) is 29.1. The molecule has 0 atom stereocenters. The molecule has 8 nitrogen and oxygen atoms in total. The van der Waals surface area contributed by atoms with Crippen molar-refractivity contribution in [3.05, 3.63) is 519 Å². The molecule has 0 spiro atoms. The summed E-state index contributed by atoms with van der Waals surface area (Å²) in [5, 5.41) is 0. The zero-order valence-electron chi connectivity index (χ0n) is 77.2. The van der Waals surface area contributed by atoms with E-state index in [2.05, 4.69) is 345 Å². The van der Waals surface area contributed by atoms with E-state index in [0.717, 1.165) is 109 Å². The van der Waals surface area contributed by atoms with Gasteiger partial charge in [0.15, 0.2) is 0 Å². The van der Waals surface area contributed by atoms with Gasteiger partial charge in [0.2, 0.25) is 0 Å². The van der Waals surface area contributed by atoms with Crippen LogP contribution in [0, 0.1) is 0 Å². The van der Waals surface area contributed by atoms with Gasteiger partial charge in [0.25, 0.3) is 0 Å². The Hall–Kier alpha value is -16.7. The van der Waals surface area contributed by atoms with Crippen LogP contribution in [0.25, 0.3) is 89.0 Å². The Bertz CT molecular complexity index is 8610. The quantitative estimate of drug-likeness (QED) is 0.149. The highest BCUT2D eigenvalue weighted by molar-refractivity contribution is 6.03. The van der Waals surface area contributed by atoms with Gasteiger partial charge in [-0.2, -0.15) is 0 Å². The molecule has 4 aromatic heterocycles. The summed E-state index contributed by atoms with van der Waals surface area (Å²) in [5.74, 6) is 1.10. The largest absolute Gasteiger partial charge is 0.309 e. The smallest absolute Gasteiger partial charge is 0.141 e. The second-order valence-corrected chi connectivity index (χ2v) is 41.5. The molecule has 656 valence electrons. The van der Waals surface area contributed by atoms with Gasteiger partial charge in [0, 0.05) is 82.4 Å². The number of hydrogen-bond acceptors (Lipinski definition) is 8. The molecule has 16 aromatic carbocycles. The van der Waals surface area contributed by atoms with E-state index < -0.39 is 0 Å². The van der Waals surface area contributed by atoms with Crippen LogP contribution in [0.1, 0.15) is 178 Å². The Balaban J connectivity index is 0.0000000829. The van der Waals surface area contributed by atoms with Crippen LogP contribution in [0.2, 0.25) is 0 Å². The van der Waals surface area contributed by atoms with Crippen LogP contribution in [0.5, 0.6) is 0 Å². The van der Waals surface area contributed by atoms with Crippen molar-refractivity contribution >= 4 is 68.4 Å². The van der Waals surface area contributed by atoms with Crippen LogP contribution in [-0.2, 0) is 103 Å². The Morgan fingerprint density at radius 3 is 0.964 bits per heavy atom. The normalized spacial score (nSPS) is 14.9. The molecule has 0 bridgehead atoms. The topological polar surface area (TPSA) is 64.5 Å². The van der Waals surface area contributed by atoms with Crippen LogP contribution in [-0.4, -0.2) is 19.9 Å². The van der Waals surface area contributed by atoms with Gasteiger partial charge >= 0.3 is 0 Å². The number of benzene rings is 16. The Labute approximate surface area is 812 Å². The molecule has 16 aliphatic rings. The Kier molecular flexibility index (Phi) is 15.6. The van der Waals surface area contributed by atoms with Gasteiger partial charge in [0.1, 0.15) is 5.82 Å². The molecule has 0 fully saturated rings. The lowest BCUT2D eigenvalue weighted by molar-refractivity contribution is 0.966. The fraction of sp³-hybridized carbons (Fsp3) is 0.121. The van der Waals surface area contributed by atoms with Gasteiger partial charge in [-0.15, -0.1) is 0 Å². The summed E-state index contributed by atoms with van der Waals surface area (Å²) in [5.41, 5.74) is 83.5. The maximum Gasteiger partial charge on any atom is 0.141 e. The van der Waals surface area contributed by atoms with Crippen LogP contribution in [0.15, 0.2) is 340 Å². The lowest BCUT2D eigenvalue weighted by Gasteiger charge is -2.40. The zero-order valence-corrected chi connectivity index (χ0v) is 77.2. The summed E-state index contributed by atoms with van der Waals surface area (Å²) < 4.78 is 0. The molecule has 8 aliphatic carbocycles. The fourth-order valence-corrected chi connectivity index (χ4v) is 28.5. The predicted octanol–water partition coefficient (Wildman–Crippen LogP) is 30.0. The van der Waals surface area contributed by atoms with Crippen LogP contribution >= 0.6 is 0 Å². The van der Waals surface area contributed by atoms with E-state index in [4.69, 9.17) is 9.97 Å². The zero-order chi connectivity index (χ0) is 90.7. The van der Waals surface area contributed by atoms with Crippen molar-refractivity contribution in [1.82, 2.24) is 19.9 Å². The second-order valence-electron chi connectivity index (χ2n) is 41.5. The Morgan fingerprint density at radius 2 is 0.479 bits per heavy atom. The van der Waals surface area contributed by atoms with E-state index in [-0.39, 0.29) is 0 Å². The van der Waals surface area contributed by atoms with Crippen LogP contribution in [0.4, 0.5) is 68.4 Å². The van der Waals surface area contributed by atoms with Crippen LogP contribution < -0.4 is 19.6 Å². The average Bonchev–Trinajstić information content (AvgIpc) is 1.47. The van der Waals surface area contributed by atoms with Crippen molar-refractivity contribution in [2.45, 2.75) is 103 Å². The monoisotopic (exact) mass is 1780 g/mol. The molecule has 8 heteroatoms. The van der Waals surface area contributed by atoms with Gasteiger partial charge in [-0.05, 0) is 380 Å². The highest BCUT2D eigenvalue weighted by atomic mass is 15.2. The summed E-state index contributed by atoms with van der Waals surface area (Å²) in [6.45, 7) is 0. The third kappa shape index (κ3) is 10.8. The van der Waals surface area contributed by atoms with Crippen molar-refractivity contribution in [2.24, 2.45) is 0 Å². The average molecular weight is 1790 g/mol. The van der Waals surface area contributed by atoms with Gasteiger partial charge < -0.3 is 14.7 Å². The molecular formula is C132H88N8. The first-order valence-electron chi connectivity index (χ1n) is 50.3. The second kappa shape index (κ2) is 28.5. The highest BCUT2D eigenvalue weighted by Crippen LogP contribution is 2.64. The van der Waals surface area contributed by atoms with Crippen molar-refractivity contribution in [1.29, 1.82) is 0 Å². The molecule has 20 aromatic rings. The molecule has 0 saturated carbocycles.